The molecular formula is C26H30F3N3O3. The molecule has 0 radical (unpaired) electrons. The van der Waals surface area contributed by atoms with Crippen LogP contribution in [-0.2, 0) is 6.42 Å². The van der Waals surface area contributed by atoms with Crippen LogP contribution in [0.2, 0.25) is 0 Å². The average molecular weight is 490 g/mol. The van der Waals surface area contributed by atoms with Crippen LogP contribution in [-0.4, -0.2) is 47.7 Å². The van der Waals surface area contributed by atoms with E-state index in [0.29, 0.717) is 18.5 Å². The van der Waals surface area contributed by atoms with Crippen LogP contribution in [0, 0.1) is 24.4 Å². The summed E-state index contributed by atoms with van der Waals surface area (Å²) >= 11 is 0. The molecule has 4 rings (SSSR count). The molecule has 1 aliphatic rings. The zero-order valence-electron chi connectivity index (χ0n) is 20.0. The maximum Gasteiger partial charge on any atom is 0.256 e. The van der Waals surface area contributed by atoms with E-state index in [4.69, 9.17) is 4.42 Å². The Balaban J connectivity index is 0.00000167. The van der Waals surface area contributed by atoms with Crippen molar-refractivity contribution in [3.05, 3.63) is 83.1 Å². The molecule has 0 aliphatic carbocycles. The molecule has 3 N–H and O–H groups in total. The summed E-state index contributed by atoms with van der Waals surface area (Å²) in [4.78, 5) is 14.3. The highest BCUT2D eigenvalue weighted by Gasteiger charge is 2.44. The molecule has 35 heavy (non-hydrogen) atoms. The number of furan rings is 1. The van der Waals surface area contributed by atoms with Crippen molar-refractivity contribution >= 4 is 17.3 Å². The van der Waals surface area contributed by atoms with Gasteiger partial charge in [0.15, 0.2) is 11.6 Å². The Morgan fingerprint density at radius 2 is 1.86 bits per heavy atom. The maximum atomic E-state index is 14.6. The Labute approximate surface area is 202 Å². The van der Waals surface area contributed by atoms with E-state index in [9.17, 15) is 23.1 Å². The van der Waals surface area contributed by atoms with Crippen molar-refractivity contribution in [2.45, 2.75) is 32.8 Å². The van der Waals surface area contributed by atoms with Gasteiger partial charge in [-0.05, 0) is 48.9 Å². The molecule has 1 saturated heterocycles. The number of carbonyl (C=O) groups excluding carboxylic acids is 1. The zero-order valence-corrected chi connectivity index (χ0v) is 20.0. The van der Waals surface area contributed by atoms with Crippen molar-refractivity contribution in [1.29, 1.82) is 0 Å². The second kappa shape index (κ2) is 11.4. The molecule has 1 fully saturated rings. The first-order valence-electron chi connectivity index (χ1n) is 11.5. The largest absolute Gasteiger partial charge is 0.469 e. The third-order valence-electron chi connectivity index (χ3n) is 5.55. The predicted octanol–water partition coefficient (Wildman–Crippen LogP) is 4.79. The number of β-amino-alcohol motifs (C(OH)–C–C–N with tert-alkyl or cyclic N) is 1. The summed E-state index contributed by atoms with van der Waals surface area (Å²) in [5.41, 5.74) is -1.16. The Bertz CT molecular complexity index is 1150. The molecule has 1 aliphatic heterocycles. The van der Waals surface area contributed by atoms with Crippen LogP contribution in [0.15, 0.2) is 53.1 Å². The molecule has 6 nitrogen and oxygen atoms in total. The second-order valence-corrected chi connectivity index (χ2v) is 8.28. The number of hydrogen-bond donors (Lipinski definition) is 3. The van der Waals surface area contributed by atoms with Crippen LogP contribution in [0.4, 0.5) is 24.5 Å². The second-order valence-electron chi connectivity index (χ2n) is 8.28. The van der Waals surface area contributed by atoms with Crippen LogP contribution in [0.25, 0.3) is 0 Å². The summed E-state index contributed by atoms with van der Waals surface area (Å²) in [6, 6.07) is 9.90. The number of carbonyl (C=O) groups is 1. The van der Waals surface area contributed by atoms with Gasteiger partial charge in [0.1, 0.15) is 17.2 Å². The summed E-state index contributed by atoms with van der Waals surface area (Å²) < 4.78 is 48.0. The molecule has 9 heteroatoms. The SMILES string of the molecule is CC.Cc1ccc(Nc2c(C(=O)N3CC(O)(CNCCc4ccco4)C3)ccc(F)c2F)c(F)c1. The van der Waals surface area contributed by atoms with Gasteiger partial charge in [0.05, 0.1) is 36.3 Å². The molecule has 0 bridgehead atoms. The van der Waals surface area contributed by atoms with E-state index in [2.05, 4.69) is 10.6 Å². The maximum absolute atomic E-state index is 14.6. The Hall–Kier alpha value is -3.30. The van der Waals surface area contributed by atoms with Crippen molar-refractivity contribution in [3.63, 3.8) is 0 Å². The third kappa shape index (κ3) is 6.23. The molecule has 3 aromatic rings. The van der Waals surface area contributed by atoms with Gasteiger partial charge in [-0.25, -0.2) is 13.2 Å². The van der Waals surface area contributed by atoms with Gasteiger partial charge in [0, 0.05) is 19.5 Å². The van der Waals surface area contributed by atoms with Crippen molar-refractivity contribution in [2.75, 3.05) is 31.5 Å². The first kappa shape index (κ1) is 26.3. The fourth-order valence-corrected chi connectivity index (χ4v) is 3.78. The van der Waals surface area contributed by atoms with Gasteiger partial charge in [0.25, 0.3) is 5.91 Å². The van der Waals surface area contributed by atoms with E-state index in [0.717, 1.165) is 17.9 Å². The van der Waals surface area contributed by atoms with Crippen LogP contribution in [0.1, 0.15) is 35.5 Å². The zero-order chi connectivity index (χ0) is 25.6. The lowest BCUT2D eigenvalue weighted by atomic mass is 9.92. The fourth-order valence-electron chi connectivity index (χ4n) is 3.78. The number of anilines is 2. The molecule has 2 heterocycles. The molecule has 1 amide bonds. The van der Waals surface area contributed by atoms with E-state index in [1.807, 2.05) is 19.9 Å². The Kier molecular flexibility index (Phi) is 8.58. The normalized spacial score (nSPS) is 14.1. The van der Waals surface area contributed by atoms with E-state index < -0.39 is 34.6 Å². The highest BCUT2D eigenvalue weighted by atomic mass is 19.2. The van der Waals surface area contributed by atoms with Gasteiger partial charge in [-0.3, -0.25) is 4.79 Å². The van der Waals surface area contributed by atoms with Gasteiger partial charge < -0.3 is 25.1 Å². The number of aryl methyl sites for hydroxylation is 1. The van der Waals surface area contributed by atoms with E-state index in [1.165, 1.54) is 17.0 Å². The number of likely N-dealkylation sites (tertiary alicyclic amines) is 1. The summed E-state index contributed by atoms with van der Waals surface area (Å²) in [5.74, 6) is -2.87. The number of aliphatic hydroxyl groups is 1. The Morgan fingerprint density at radius 3 is 2.51 bits per heavy atom. The molecule has 2 aromatic carbocycles. The number of nitrogens with zero attached hydrogens (tertiary/aromatic N) is 1. The van der Waals surface area contributed by atoms with Gasteiger partial charge >= 0.3 is 0 Å². The van der Waals surface area contributed by atoms with Crippen molar-refractivity contribution in [3.8, 4) is 0 Å². The first-order chi connectivity index (χ1) is 16.8. The Morgan fingerprint density at radius 1 is 1.11 bits per heavy atom. The highest BCUT2D eigenvalue weighted by molar-refractivity contribution is 6.01. The standard InChI is InChI=1S/C24H24F3N3O3.C2H6/c1-15-4-7-20(19(26)11-15)29-22-17(5-6-18(25)21(22)27)23(31)30-13-24(32,14-30)12-28-9-8-16-3-2-10-33-16;1-2/h2-7,10-11,28-29,32H,8-9,12-14H2,1H3;1-2H3. The summed E-state index contributed by atoms with van der Waals surface area (Å²) in [7, 11) is 0. The number of amides is 1. The van der Waals surface area contributed by atoms with Crippen LogP contribution in [0.3, 0.4) is 0 Å². The highest BCUT2D eigenvalue weighted by Crippen LogP contribution is 2.31. The van der Waals surface area contributed by atoms with Gasteiger partial charge in [-0.15, -0.1) is 0 Å². The van der Waals surface area contributed by atoms with Crippen LogP contribution < -0.4 is 10.6 Å². The number of benzene rings is 2. The van der Waals surface area contributed by atoms with Crippen LogP contribution >= 0.6 is 0 Å². The minimum atomic E-state index is -1.28. The fraction of sp³-hybridized carbons (Fsp3) is 0.346. The van der Waals surface area contributed by atoms with Crippen molar-refractivity contribution in [1.82, 2.24) is 10.2 Å². The van der Waals surface area contributed by atoms with E-state index in [1.54, 1.807) is 25.3 Å². The van der Waals surface area contributed by atoms with E-state index >= 15 is 0 Å². The smallest absolute Gasteiger partial charge is 0.256 e. The van der Waals surface area contributed by atoms with Crippen LogP contribution in [0.5, 0.6) is 0 Å². The van der Waals surface area contributed by atoms with E-state index in [-0.39, 0.29) is 30.9 Å². The average Bonchev–Trinajstić information content (AvgIpc) is 3.34. The number of rotatable bonds is 8. The van der Waals surface area contributed by atoms with Crippen molar-refractivity contribution < 1.29 is 27.5 Å². The molecule has 1 aromatic heterocycles. The predicted molar refractivity (Wildman–Crippen MR) is 128 cm³/mol. The van der Waals surface area contributed by atoms with Gasteiger partial charge in [-0.1, -0.05) is 19.9 Å². The summed E-state index contributed by atoms with van der Waals surface area (Å²) in [6.07, 6.45) is 2.25. The summed E-state index contributed by atoms with van der Waals surface area (Å²) in [5, 5.41) is 16.3. The monoisotopic (exact) mass is 489 g/mol. The molecule has 0 spiro atoms. The minimum Gasteiger partial charge on any atom is -0.469 e. The lowest BCUT2D eigenvalue weighted by Crippen LogP contribution is -2.67. The van der Waals surface area contributed by atoms with Gasteiger partial charge in [0.2, 0.25) is 0 Å². The first-order valence-corrected chi connectivity index (χ1v) is 11.5. The molecule has 0 unspecified atom stereocenters. The molecule has 188 valence electrons. The molecule has 0 atom stereocenters. The quantitative estimate of drug-likeness (QED) is 0.397. The number of halogens is 3. The molecule has 0 saturated carbocycles. The van der Waals surface area contributed by atoms with Gasteiger partial charge in [-0.2, -0.15) is 0 Å². The topological polar surface area (TPSA) is 77.7 Å². The lowest BCUT2D eigenvalue weighted by molar-refractivity contribution is -0.0784. The molecular weight excluding hydrogens is 459 g/mol. The number of nitrogens with one attached hydrogen (secondary N) is 2. The third-order valence-corrected chi connectivity index (χ3v) is 5.55. The minimum absolute atomic E-state index is 0.0247. The van der Waals surface area contributed by atoms with Crippen molar-refractivity contribution in [2.24, 2.45) is 0 Å². The summed E-state index contributed by atoms with van der Waals surface area (Å²) in [6.45, 7) is 6.59. The number of hydrogen-bond acceptors (Lipinski definition) is 5. The lowest BCUT2D eigenvalue weighted by Gasteiger charge is -2.46.